The zero-order valence-corrected chi connectivity index (χ0v) is 16.6. The summed E-state index contributed by atoms with van der Waals surface area (Å²) in [6, 6.07) is 0. The van der Waals surface area contributed by atoms with Crippen LogP contribution in [0.15, 0.2) is 4.63 Å². The zero-order chi connectivity index (χ0) is 19.2. The van der Waals surface area contributed by atoms with Crippen molar-refractivity contribution in [2.45, 2.75) is 39.5 Å². The number of nitrogens with one attached hydrogen (secondary N) is 1. The number of H-pyrrole nitrogens is 1. The fourth-order valence-corrected chi connectivity index (χ4v) is 3.16. The maximum atomic E-state index is 4.93. The summed E-state index contributed by atoms with van der Waals surface area (Å²) in [5, 5.41) is 7.80. The third-order valence-corrected chi connectivity index (χ3v) is 4.94. The predicted octanol–water partition coefficient (Wildman–Crippen LogP) is 1.68. The van der Waals surface area contributed by atoms with Crippen LogP contribution in [0, 0.1) is 6.92 Å². The molecule has 0 saturated carbocycles. The van der Waals surface area contributed by atoms with Gasteiger partial charge in [0, 0.05) is 31.6 Å². The highest BCUT2D eigenvalue weighted by molar-refractivity contribution is 5.84. The summed E-state index contributed by atoms with van der Waals surface area (Å²) < 4.78 is 4.80. The van der Waals surface area contributed by atoms with Crippen LogP contribution in [0.5, 0.6) is 0 Å². The van der Waals surface area contributed by atoms with Gasteiger partial charge in [0.05, 0.1) is 6.42 Å². The fraction of sp³-hybridized carbons (Fsp3) is 0.611. The first-order chi connectivity index (χ1) is 12.8. The average molecular weight is 370 g/mol. The first kappa shape index (κ1) is 17.8. The van der Waals surface area contributed by atoms with Gasteiger partial charge in [0.2, 0.25) is 0 Å². The van der Waals surface area contributed by atoms with Crippen LogP contribution in [0.1, 0.15) is 43.8 Å². The molecule has 9 heteroatoms. The molecule has 4 rings (SSSR count). The molecule has 0 amide bonds. The summed E-state index contributed by atoms with van der Waals surface area (Å²) in [5.74, 6) is 2.53. The Labute approximate surface area is 158 Å². The number of hydrogen-bond donors (Lipinski definition) is 1. The first-order valence-electron chi connectivity index (χ1n) is 9.30. The van der Waals surface area contributed by atoms with E-state index in [9.17, 15) is 0 Å². The van der Waals surface area contributed by atoms with E-state index in [0.717, 1.165) is 60.6 Å². The van der Waals surface area contributed by atoms with Gasteiger partial charge in [-0.05, 0) is 14.0 Å². The molecule has 0 radical (unpaired) electrons. The standard InChI is InChI=1S/C18H26N8O/c1-11-12(24-27-23-11)10-13-19-14-15(20-13)21-17(18(2,3)4)22-16(14)26-8-6-25(5)7-9-26/h6-10H2,1-5H3,(H,19,20,21,22). The van der Waals surface area contributed by atoms with E-state index in [-0.39, 0.29) is 5.41 Å². The molecule has 0 unspecified atom stereocenters. The van der Waals surface area contributed by atoms with E-state index in [1.165, 1.54) is 0 Å². The maximum absolute atomic E-state index is 4.93. The second-order valence-electron chi connectivity index (χ2n) is 8.27. The molecule has 9 nitrogen and oxygen atoms in total. The number of aryl methyl sites for hydroxylation is 1. The number of nitrogens with zero attached hydrogens (tertiary/aromatic N) is 7. The van der Waals surface area contributed by atoms with E-state index in [1.807, 2.05) is 6.92 Å². The molecule has 4 heterocycles. The SMILES string of the molecule is Cc1nonc1Cc1nc2nc(C(C)(C)C)nc(N3CCN(C)CC3)c2[nH]1. The van der Waals surface area contributed by atoms with Gasteiger partial charge in [0.1, 0.15) is 28.6 Å². The molecule has 3 aromatic heterocycles. The number of imidazole rings is 1. The van der Waals surface area contributed by atoms with Crippen LogP contribution in [0.25, 0.3) is 11.2 Å². The lowest BCUT2D eigenvalue weighted by molar-refractivity contribution is 0.301. The molecule has 1 N–H and O–H groups in total. The van der Waals surface area contributed by atoms with Crippen LogP contribution < -0.4 is 4.90 Å². The Morgan fingerprint density at radius 3 is 2.41 bits per heavy atom. The van der Waals surface area contributed by atoms with Crippen molar-refractivity contribution in [3.05, 3.63) is 23.0 Å². The normalized spacial score (nSPS) is 16.4. The number of rotatable bonds is 3. The second-order valence-corrected chi connectivity index (χ2v) is 8.27. The molecule has 1 aliphatic rings. The topological polar surface area (TPSA) is 99.9 Å². The minimum absolute atomic E-state index is 0.152. The van der Waals surface area contributed by atoms with Crippen LogP contribution >= 0.6 is 0 Å². The van der Waals surface area contributed by atoms with Gasteiger partial charge in [-0.3, -0.25) is 0 Å². The molecule has 1 fully saturated rings. The number of likely N-dealkylation sites (N-methyl/N-ethyl adjacent to an activating group) is 1. The van der Waals surface area contributed by atoms with Gasteiger partial charge in [-0.2, -0.15) is 0 Å². The van der Waals surface area contributed by atoms with Crippen molar-refractivity contribution < 1.29 is 4.63 Å². The Bertz CT molecular complexity index is 946. The van der Waals surface area contributed by atoms with Crippen LogP contribution in [0.2, 0.25) is 0 Å². The fourth-order valence-electron chi connectivity index (χ4n) is 3.16. The second kappa shape index (κ2) is 6.56. The van der Waals surface area contributed by atoms with Gasteiger partial charge in [-0.15, -0.1) is 0 Å². The molecule has 27 heavy (non-hydrogen) atoms. The predicted molar refractivity (Wildman–Crippen MR) is 102 cm³/mol. The zero-order valence-electron chi connectivity index (χ0n) is 16.6. The van der Waals surface area contributed by atoms with Crippen LogP contribution in [-0.4, -0.2) is 68.4 Å². The number of aromatic nitrogens is 6. The van der Waals surface area contributed by atoms with E-state index < -0.39 is 0 Å². The quantitative estimate of drug-likeness (QED) is 0.743. The number of piperazine rings is 1. The Kier molecular flexibility index (Phi) is 4.33. The van der Waals surface area contributed by atoms with Gasteiger partial charge < -0.3 is 14.8 Å². The monoisotopic (exact) mass is 370 g/mol. The molecule has 1 aliphatic heterocycles. The Morgan fingerprint density at radius 1 is 1.04 bits per heavy atom. The van der Waals surface area contributed by atoms with E-state index in [2.05, 4.69) is 52.9 Å². The molecular formula is C18H26N8O. The molecule has 0 atom stereocenters. The third kappa shape index (κ3) is 3.51. The molecular weight excluding hydrogens is 344 g/mol. The van der Waals surface area contributed by atoms with Gasteiger partial charge in [-0.25, -0.2) is 19.6 Å². The van der Waals surface area contributed by atoms with Gasteiger partial charge in [0.15, 0.2) is 11.5 Å². The van der Waals surface area contributed by atoms with E-state index in [1.54, 1.807) is 0 Å². The molecule has 0 aromatic carbocycles. The van der Waals surface area contributed by atoms with E-state index in [4.69, 9.17) is 19.6 Å². The summed E-state index contributed by atoms with van der Waals surface area (Å²) >= 11 is 0. The molecule has 1 saturated heterocycles. The molecule has 0 spiro atoms. The Morgan fingerprint density at radius 2 is 1.78 bits per heavy atom. The van der Waals surface area contributed by atoms with Crippen molar-refractivity contribution in [2.75, 3.05) is 38.1 Å². The summed E-state index contributed by atoms with van der Waals surface area (Å²) in [5.41, 5.74) is 2.99. The summed E-state index contributed by atoms with van der Waals surface area (Å²) in [6.45, 7) is 12.2. The van der Waals surface area contributed by atoms with Crippen LogP contribution in [0.4, 0.5) is 5.82 Å². The molecule has 3 aromatic rings. The van der Waals surface area contributed by atoms with Crippen molar-refractivity contribution in [3.8, 4) is 0 Å². The highest BCUT2D eigenvalue weighted by Gasteiger charge is 2.25. The number of hydrogen-bond acceptors (Lipinski definition) is 8. The highest BCUT2D eigenvalue weighted by Crippen LogP contribution is 2.28. The smallest absolute Gasteiger partial charge is 0.183 e. The highest BCUT2D eigenvalue weighted by atomic mass is 16.6. The lowest BCUT2D eigenvalue weighted by Crippen LogP contribution is -2.45. The van der Waals surface area contributed by atoms with E-state index >= 15 is 0 Å². The Hall–Kier alpha value is -2.55. The van der Waals surface area contributed by atoms with Crippen molar-refractivity contribution in [1.82, 2.24) is 35.1 Å². The Balaban J connectivity index is 1.77. The van der Waals surface area contributed by atoms with Crippen molar-refractivity contribution in [2.24, 2.45) is 0 Å². The van der Waals surface area contributed by atoms with Crippen molar-refractivity contribution >= 4 is 17.0 Å². The van der Waals surface area contributed by atoms with Crippen molar-refractivity contribution in [3.63, 3.8) is 0 Å². The lowest BCUT2D eigenvalue weighted by atomic mass is 9.96. The van der Waals surface area contributed by atoms with Crippen LogP contribution in [-0.2, 0) is 11.8 Å². The summed E-state index contributed by atoms with van der Waals surface area (Å²) in [4.78, 5) is 22.5. The molecule has 0 bridgehead atoms. The summed E-state index contributed by atoms with van der Waals surface area (Å²) in [6.07, 6.45) is 0.527. The molecule has 144 valence electrons. The van der Waals surface area contributed by atoms with Gasteiger partial charge in [-0.1, -0.05) is 31.1 Å². The third-order valence-electron chi connectivity index (χ3n) is 4.94. The number of fused-ring (bicyclic) bond motifs is 1. The minimum atomic E-state index is -0.152. The van der Waals surface area contributed by atoms with Crippen molar-refractivity contribution in [1.29, 1.82) is 0 Å². The largest absolute Gasteiger partial charge is 0.352 e. The van der Waals surface area contributed by atoms with Gasteiger partial charge >= 0.3 is 0 Å². The maximum Gasteiger partial charge on any atom is 0.183 e. The summed E-state index contributed by atoms with van der Waals surface area (Å²) in [7, 11) is 2.15. The average Bonchev–Trinajstić information content (AvgIpc) is 3.20. The van der Waals surface area contributed by atoms with Gasteiger partial charge in [0.25, 0.3) is 0 Å². The number of anilines is 1. The van der Waals surface area contributed by atoms with Crippen LogP contribution in [0.3, 0.4) is 0 Å². The van der Waals surface area contributed by atoms with E-state index in [0.29, 0.717) is 12.1 Å². The number of aromatic amines is 1. The lowest BCUT2D eigenvalue weighted by Gasteiger charge is -2.33. The minimum Gasteiger partial charge on any atom is -0.352 e. The first-order valence-corrected chi connectivity index (χ1v) is 9.30. The molecule has 0 aliphatic carbocycles.